The summed E-state index contributed by atoms with van der Waals surface area (Å²) in [7, 11) is 1.54. The lowest BCUT2D eigenvalue weighted by Gasteiger charge is -2.31. The molecule has 0 aliphatic carbocycles. The van der Waals surface area contributed by atoms with Crippen LogP contribution in [0.15, 0.2) is 54.1 Å². The number of likely N-dealkylation sites (tertiary alicyclic amines) is 1. The normalized spacial score (nSPS) is 21.2. The Bertz CT molecular complexity index is 1020. The van der Waals surface area contributed by atoms with E-state index >= 15 is 0 Å². The van der Waals surface area contributed by atoms with Crippen LogP contribution in [0.5, 0.6) is 5.75 Å². The number of carbonyl (C=O) groups excluding carboxylic acids is 2. The first-order valence-corrected chi connectivity index (χ1v) is 10.8. The molecule has 1 N–H and O–H groups in total. The molecule has 2 aliphatic rings. The second-order valence-electron chi connectivity index (χ2n) is 8.09. The van der Waals surface area contributed by atoms with Gasteiger partial charge in [-0.15, -0.1) is 0 Å². The lowest BCUT2D eigenvalue weighted by molar-refractivity contribution is -0.140. The van der Waals surface area contributed by atoms with Gasteiger partial charge in [0.05, 0.1) is 31.9 Å². The van der Waals surface area contributed by atoms with Crippen LogP contribution in [0.4, 0.5) is 0 Å². The van der Waals surface area contributed by atoms with Crippen molar-refractivity contribution in [3.8, 4) is 5.75 Å². The Labute approximate surface area is 187 Å². The minimum absolute atomic E-state index is 0.106. The standard InChI is InChI=1S/C25H28N2O5/c1-17-6-8-18(9-7-17)22-21(23(28)19-4-3-5-20(16-19)31-2)24(29)25(30)27(22)11-10-26-12-14-32-15-13-26/h3-9,16,22,28H,10-15H2,1-2H3. The van der Waals surface area contributed by atoms with Gasteiger partial charge in [0, 0.05) is 31.7 Å². The summed E-state index contributed by atoms with van der Waals surface area (Å²) >= 11 is 0. The van der Waals surface area contributed by atoms with Crippen LogP contribution in [-0.2, 0) is 14.3 Å². The summed E-state index contributed by atoms with van der Waals surface area (Å²) in [5, 5.41) is 11.1. The van der Waals surface area contributed by atoms with Crippen LogP contribution in [0.25, 0.3) is 5.76 Å². The smallest absolute Gasteiger partial charge is 0.295 e. The van der Waals surface area contributed by atoms with E-state index in [4.69, 9.17) is 9.47 Å². The maximum Gasteiger partial charge on any atom is 0.295 e. The summed E-state index contributed by atoms with van der Waals surface area (Å²) in [6.07, 6.45) is 0. The van der Waals surface area contributed by atoms with Crippen molar-refractivity contribution in [1.29, 1.82) is 0 Å². The molecule has 0 bridgehead atoms. The summed E-state index contributed by atoms with van der Waals surface area (Å²) in [5.74, 6) is -0.893. The Morgan fingerprint density at radius 1 is 1.09 bits per heavy atom. The summed E-state index contributed by atoms with van der Waals surface area (Å²) in [4.78, 5) is 30.0. The largest absolute Gasteiger partial charge is 0.507 e. The fourth-order valence-electron chi connectivity index (χ4n) is 4.21. The van der Waals surface area contributed by atoms with Gasteiger partial charge >= 0.3 is 0 Å². The van der Waals surface area contributed by atoms with Gasteiger partial charge in [0.1, 0.15) is 11.5 Å². The van der Waals surface area contributed by atoms with E-state index in [1.54, 1.807) is 29.2 Å². The van der Waals surface area contributed by atoms with Gasteiger partial charge in [0.15, 0.2) is 0 Å². The van der Waals surface area contributed by atoms with Crippen molar-refractivity contribution in [2.45, 2.75) is 13.0 Å². The van der Waals surface area contributed by atoms with Crippen molar-refractivity contribution in [2.24, 2.45) is 0 Å². The quantitative estimate of drug-likeness (QED) is 0.426. The van der Waals surface area contributed by atoms with Crippen LogP contribution in [-0.4, -0.2) is 73.1 Å². The summed E-state index contributed by atoms with van der Waals surface area (Å²) in [6.45, 7) is 5.92. The zero-order valence-electron chi connectivity index (χ0n) is 18.4. The predicted molar refractivity (Wildman–Crippen MR) is 120 cm³/mol. The molecular weight excluding hydrogens is 408 g/mol. The van der Waals surface area contributed by atoms with Crippen LogP contribution >= 0.6 is 0 Å². The third-order valence-corrected chi connectivity index (χ3v) is 6.04. The van der Waals surface area contributed by atoms with Gasteiger partial charge < -0.3 is 19.5 Å². The minimum Gasteiger partial charge on any atom is -0.507 e. The van der Waals surface area contributed by atoms with E-state index in [2.05, 4.69) is 4.90 Å². The summed E-state index contributed by atoms with van der Waals surface area (Å²) in [6, 6.07) is 13.9. The van der Waals surface area contributed by atoms with E-state index in [1.165, 1.54) is 7.11 Å². The Balaban J connectivity index is 1.73. The van der Waals surface area contributed by atoms with Gasteiger partial charge in [-0.2, -0.15) is 0 Å². The number of ether oxygens (including phenoxy) is 2. The Morgan fingerprint density at radius 2 is 1.81 bits per heavy atom. The van der Waals surface area contributed by atoms with E-state index in [-0.39, 0.29) is 11.3 Å². The van der Waals surface area contributed by atoms with Crippen LogP contribution in [0.3, 0.4) is 0 Å². The van der Waals surface area contributed by atoms with Crippen molar-refractivity contribution in [2.75, 3.05) is 46.5 Å². The van der Waals surface area contributed by atoms with Crippen LogP contribution in [0.1, 0.15) is 22.7 Å². The molecule has 1 unspecified atom stereocenters. The number of morpholine rings is 1. The third kappa shape index (κ3) is 4.40. The molecule has 2 heterocycles. The lowest BCUT2D eigenvalue weighted by Crippen LogP contribution is -2.42. The first-order valence-electron chi connectivity index (χ1n) is 10.8. The van der Waals surface area contributed by atoms with Crippen LogP contribution in [0, 0.1) is 6.92 Å². The van der Waals surface area contributed by atoms with Gasteiger partial charge in [-0.1, -0.05) is 42.0 Å². The molecule has 168 valence electrons. The average Bonchev–Trinajstić information content (AvgIpc) is 3.08. The number of hydrogen-bond acceptors (Lipinski definition) is 6. The molecule has 4 rings (SSSR count). The SMILES string of the molecule is COc1cccc(C(O)=C2C(=O)C(=O)N(CCN3CCOCC3)C2c2ccc(C)cc2)c1. The molecular formula is C25H28N2O5. The van der Waals surface area contributed by atoms with Crippen molar-refractivity contribution < 1.29 is 24.2 Å². The number of benzene rings is 2. The molecule has 0 aromatic heterocycles. The van der Waals surface area contributed by atoms with Crippen molar-refractivity contribution in [3.63, 3.8) is 0 Å². The summed E-state index contributed by atoms with van der Waals surface area (Å²) in [5.41, 5.74) is 2.41. The first-order chi connectivity index (χ1) is 15.5. The number of amides is 1. The minimum atomic E-state index is -0.669. The highest BCUT2D eigenvalue weighted by Crippen LogP contribution is 2.39. The van der Waals surface area contributed by atoms with E-state index in [1.807, 2.05) is 31.2 Å². The molecule has 1 atom stereocenters. The van der Waals surface area contributed by atoms with Crippen molar-refractivity contribution in [1.82, 2.24) is 9.80 Å². The molecule has 2 aliphatic heterocycles. The molecule has 32 heavy (non-hydrogen) atoms. The van der Waals surface area contributed by atoms with Gasteiger partial charge in [0.2, 0.25) is 0 Å². The number of hydrogen-bond donors (Lipinski definition) is 1. The maximum absolute atomic E-state index is 13.1. The average molecular weight is 437 g/mol. The van der Waals surface area contributed by atoms with Gasteiger partial charge in [0.25, 0.3) is 11.7 Å². The molecule has 2 saturated heterocycles. The lowest BCUT2D eigenvalue weighted by atomic mass is 9.94. The number of aliphatic hydroxyl groups excluding tert-OH is 1. The fraction of sp³-hybridized carbons (Fsp3) is 0.360. The number of nitrogens with zero attached hydrogens (tertiary/aromatic N) is 2. The van der Waals surface area contributed by atoms with Gasteiger partial charge in [-0.05, 0) is 24.6 Å². The zero-order valence-corrected chi connectivity index (χ0v) is 18.4. The molecule has 0 spiro atoms. The van der Waals surface area contributed by atoms with E-state index in [0.29, 0.717) is 37.6 Å². The molecule has 1 amide bonds. The molecule has 0 radical (unpaired) electrons. The number of ketones is 1. The number of rotatable bonds is 6. The van der Waals surface area contributed by atoms with Crippen molar-refractivity contribution in [3.05, 3.63) is 70.8 Å². The highest BCUT2D eigenvalue weighted by Gasteiger charge is 2.46. The number of methoxy groups -OCH3 is 1. The number of carbonyl (C=O) groups is 2. The summed E-state index contributed by atoms with van der Waals surface area (Å²) < 4.78 is 10.7. The maximum atomic E-state index is 13.1. The Kier molecular flexibility index (Phi) is 6.58. The predicted octanol–water partition coefficient (Wildman–Crippen LogP) is 2.76. The zero-order chi connectivity index (χ0) is 22.7. The highest BCUT2D eigenvalue weighted by atomic mass is 16.5. The van der Waals surface area contributed by atoms with E-state index in [9.17, 15) is 14.7 Å². The molecule has 2 aromatic carbocycles. The van der Waals surface area contributed by atoms with Crippen LogP contribution in [0.2, 0.25) is 0 Å². The Hall–Kier alpha value is -3.16. The molecule has 2 fully saturated rings. The first kappa shape index (κ1) is 22.0. The molecule has 7 nitrogen and oxygen atoms in total. The van der Waals surface area contributed by atoms with Crippen LogP contribution < -0.4 is 4.74 Å². The van der Waals surface area contributed by atoms with E-state index < -0.39 is 17.7 Å². The van der Waals surface area contributed by atoms with E-state index in [0.717, 1.165) is 24.2 Å². The molecule has 2 aromatic rings. The molecule has 7 heteroatoms. The second-order valence-corrected chi connectivity index (χ2v) is 8.09. The fourth-order valence-corrected chi connectivity index (χ4v) is 4.21. The topological polar surface area (TPSA) is 79.3 Å². The van der Waals surface area contributed by atoms with Gasteiger partial charge in [-0.25, -0.2) is 0 Å². The van der Waals surface area contributed by atoms with Crippen molar-refractivity contribution >= 4 is 17.4 Å². The Morgan fingerprint density at radius 3 is 2.50 bits per heavy atom. The monoisotopic (exact) mass is 436 g/mol. The number of aliphatic hydroxyl groups is 1. The number of aryl methyl sites for hydroxylation is 1. The molecule has 0 saturated carbocycles. The van der Waals surface area contributed by atoms with Gasteiger partial charge in [-0.3, -0.25) is 14.5 Å². The highest BCUT2D eigenvalue weighted by molar-refractivity contribution is 6.46. The number of Topliss-reactive ketones (excluding diaryl/α,β-unsaturated/α-hetero) is 1. The second kappa shape index (κ2) is 9.54. The third-order valence-electron chi connectivity index (χ3n) is 6.04.